The van der Waals surface area contributed by atoms with Crippen molar-refractivity contribution < 1.29 is 80.3 Å². The second-order valence-corrected chi connectivity index (χ2v) is 0. The minimum absolute atomic E-state index is 0. The van der Waals surface area contributed by atoms with Crippen LogP contribution in [0.2, 0.25) is 0 Å². The monoisotopic (exact) mass is 615 g/mol. The summed E-state index contributed by atoms with van der Waals surface area (Å²) in [7, 11) is 0. The largest absolute Gasteiger partial charge is 0 e. The van der Waals surface area contributed by atoms with Crippen LogP contribution in [0.5, 0.6) is 0 Å². The topological polar surface area (TPSA) is 0 Å². The van der Waals surface area contributed by atoms with E-state index in [-0.39, 0.29) is 80.3 Å². The zero-order chi connectivity index (χ0) is 0. The van der Waals surface area contributed by atoms with Crippen LogP contribution in [0.3, 0.4) is 0 Å². The maximum Gasteiger partial charge on any atom is 0 e. The van der Waals surface area contributed by atoms with Gasteiger partial charge in [-0.2, -0.15) is 0 Å². The quantitative estimate of drug-likeness (QED) is 0.337. The molecule has 0 heterocycles. The molecule has 0 aromatic heterocycles. The van der Waals surface area contributed by atoms with E-state index in [4.69, 9.17) is 0 Å². The van der Waals surface area contributed by atoms with Crippen LogP contribution >= 0.6 is 0 Å². The van der Waals surface area contributed by atoms with Gasteiger partial charge in [-0.3, -0.25) is 0 Å². The molecule has 4 heavy (non-hydrogen) atoms. The molecule has 0 fully saturated rings. The first-order valence-electron chi connectivity index (χ1n) is 0. The Morgan fingerprint density at radius 1 is 0.500 bits per heavy atom. The van der Waals surface area contributed by atoms with Gasteiger partial charge in [0.05, 0.1) is 0 Å². The van der Waals surface area contributed by atoms with Crippen molar-refractivity contribution in [2.24, 2.45) is 0 Å². The molecular weight excluding hydrogens is 615 g/mol. The average Bonchev–Trinajstić information content (AvgIpc) is 0. The van der Waals surface area contributed by atoms with E-state index in [2.05, 4.69) is 0 Å². The summed E-state index contributed by atoms with van der Waals surface area (Å²) in [5.41, 5.74) is 0. The first-order valence-corrected chi connectivity index (χ1v) is 0. The third-order valence-corrected chi connectivity index (χ3v) is 0. The Balaban J connectivity index is 0. The van der Waals surface area contributed by atoms with Gasteiger partial charge in [0, 0.05) is 80.3 Å². The van der Waals surface area contributed by atoms with E-state index < -0.39 is 0 Å². The summed E-state index contributed by atoms with van der Waals surface area (Å²) >= 11 is 0. The summed E-state index contributed by atoms with van der Waals surface area (Å²) in [6.07, 6.45) is 0. The smallest absolute Gasteiger partial charge is 0 e. The van der Waals surface area contributed by atoms with E-state index in [9.17, 15) is 0 Å². The molecule has 29 valence electrons. The maximum absolute atomic E-state index is 0. The van der Waals surface area contributed by atoms with Crippen molar-refractivity contribution in [3.8, 4) is 0 Å². The van der Waals surface area contributed by atoms with Crippen LogP contribution in [0.1, 0.15) is 0 Å². The van der Waals surface area contributed by atoms with Crippen molar-refractivity contribution in [2.45, 2.75) is 0 Å². The van der Waals surface area contributed by atoms with Gasteiger partial charge in [-0.15, -0.1) is 0 Å². The Kier molecular flexibility index (Phi) is 135. The zero-order valence-electron chi connectivity index (χ0n) is 1.53. The van der Waals surface area contributed by atoms with Gasteiger partial charge in [-0.05, 0) is 0 Å². The Morgan fingerprint density at radius 2 is 0.500 bits per heavy atom. The molecule has 0 N–H and O–H groups in total. The molecule has 0 spiro atoms. The molecule has 0 nitrogen and oxygen atoms in total. The van der Waals surface area contributed by atoms with Gasteiger partial charge in [0.25, 0.3) is 0 Å². The SMILES string of the molecule is [Cu].[W].[W].[W]. The van der Waals surface area contributed by atoms with Crippen molar-refractivity contribution in [1.29, 1.82) is 0 Å². The third-order valence-electron chi connectivity index (χ3n) is 0. The van der Waals surface area contributed by atoms with Crippen LogP contribution < -0.4 is 0 Å². The van der Waals surface area contributed by atoms with Gasteiger partial charge < -0.3 is 0 Å². The predicted molar refractivity (Wildman–Crippen MR) is 0 cm³/mol. The van der Waals surface area contributed by atoms with Crippen molar-refractivity contribution in [3.05, 3.63) is 0 Å². The fourth-order valence-electron chi connectivity index (χ4n) is 0. The molecule has 0 saturated carbocycles. The fourth-order valence-corrected chi connectivity index (χ4v) is 0. The summed E-state index contributed by atoms with van der Waals surface area (Å²) in [4.78, 5) is 0. The van der Waals surface area contributed by atoms with Crippen LogP contribution in [0.15, 0.2) is 0 Å². The standard InChI is InChI=1S/Cu.3W. The average molecular weight is 615 g/mol. The van der Waals surface area contributed by atoms with Gasteiger partial charge >= 0.3 is 0 Å². The molecule has 0 saturated heterocycles. The minimum atomic E-state index is 0. The molecular formula is CuW3. The van der Waals surface area contributed by atoms with E-state index >= 15 is 0 Å². The third kappa shape index (κ3) is 8.82. The molecule has 0 atom stereocenters. The molecule has 0 aromatic carbocycles. The number of hydrogen-bond acceptors (Lipinski definition) is 0. The Bertz CT molecular complexity index is 3.25. The fraction of sp³-hybridized carbons (Fsp3) is 0. The molecule has 1 radical (unpaired) electrons. The molecule has 4 heteroatoms. The molecule has 0 bridgehead atoms. The number of rotatable bonds is 0. The van der Waals surface area contributed by atoms with Crippen LogP contribution in [-0.4, -0.2) is 0 Å². The van der Waals surface area contributed by atoms with Gasteiger partial charge in [-0.1, -0.05) is 0 Å². The first kappa shape index (κ1) is 30.7. The summed E-state index contributed by atoms with van der Waals surface area (Å²) < 4.78 is 0. The second kappa shape index (κ2) is 17.6. The van der Waals surface area contributed by atoms with Gasteiger partial charge in [0.15, 0.2) is 0 Å². The van der Waals surface area contributed by atoms with Crippen molar-refractivity contribution in [2.75, 3.05) is 0 Å². The molecule has 0 rings (SSSR count). The van der Waals surface area contributed by atoms with E-state index in [1.54, 1.807) is 0 Å². The Labute approximate surface area is 79.1 Å². The zero-order valence-corrected chi connectivity index (χ0v) is 11.3. The molecule has 0 amide bonds. The first-order chi connectivity index (χ1) is 0. The second-order valence-electron chi connectivity index (χ2n) is 0. The molecule has 0 aliphatic carbocycles. The van der Waals surface area contributed by atoms with Crippen LogP contribution in [0.4, 0.5) is 0 Å². The van der Waals surface area contributed by atoms with Gasteiger partial charge in [0.1, 0.15) is 0 Å². The molecule has 0 aliphatic rings. The van der Waals surface area contributed by atoms with E-state index in [0.717, 1.165) is 0 Å². The van der Waals surface area contributed by atoms with Crippen LogP contribution in [0.25, 0.3) is 0 Å². The minimum Gasteiger partial charge on any atom is 0 e. The molecule has 0 aromatic rings. The predicted octanol–water partition coefficient (Wildman–Crippen LogP) is -0.0100. The van der Waals surface area contributed by atoms with E-state index in [1.165, 1.54) is 0 Å². The molecule has 0 aliphatic heterocycles. The van der Waals surface area contributed by atoms with Crippen molar-refractivity contribution >= 4 is 0 Å². The summed E-state index contributed by atoms with van der Waals surface area (Å²) in [6.45, 7) is 0. The van der Waals surface area contributed by atoms with E-state index in [1.807, 2.05) is 0 Å². The molecule has 0 unspecified atom stereocenters. The Hall–Kier alpha value is 2.58. The van der Waals surface area contributed by atoms with Gasteiger partial charge in [0.2, 0.25) is 0 Å². The van der Waals surface area contributed by atoms with Gasteiger partial charge in [-0.25, -0.2) is 0 Å². The van der Waals surface area contributed by atoms with Crippen molar-refractivity contribution in [3.63, 3.8) is 0 Å². The van der Waals surface area contributed by atoms with E-state index in [0.29, 0.717) is 0 Å². The summed E-state index contributed by atoms with van der Waals surface area (Å²) in [5, 5.41) is 0. The maximum atomic E-state index is 0. The summed E-state index contributed by atoms with van der Waals surface area (Å²) in [5.74, 6) is 0. The Morgan fingerprint density at radius 3 is 0.500 bits per heavy atom. The number of hydrogen-bond donors (Lipinski definition) is 0. The van der Waals surface area contributed by atoms with Crippen LogP contribution in [0, 0.1) is 0 Å². The normalized spacial score (nSPS) is 0. The van der Waals surface area contributed by atoms with Crippen molar-refractivity contribution in [1.82, 2.24) is 0 Å². The van der Waals surface area contributed by atoms with Crippen LogP contribution in [-0.2, 0) is 80.3 Å². The summed E-state index contributed by atoms with van der Waals surface area (Å²) in [6, 6.07) is 0.